The van der Waals surface area contributed by atoms with Crippen molar-refractivity contribution in [2.45, 2.75) is 23.1 Å². The zero-order chi connectivity index (χ0) is 25.1. The van der Waals surface area contributed by atoms with Crippen molar-refractivity contribution in [3.8, 4) is 0 Å². The minimum Gasteiger partial charge on any atom is -0.455 e. The van der Waals surface area contributed by atoms with Crippen molar-refractivity contribution in [2.24, 2.45) is 13.0 Å². The second-order valence-electron chi connectivity index (χ2n) is 8.70. The Kier molecular flexibility index (Phi) is 6.61. The van der Waals surface area contributed by atoms with Crippen LogP contribution >= 0.6 is 11.8 Å². The molecule has 3 aromatic carbocycles. The minimum atomic E-state index is -0.845. The van der Waals surface area contributed by atoms with Crippen LogP contribution in [0.15, 0.2) is 97.2 Å². The number of carbonyl (C=O) groups excluding carboxylic acids is 2. The van der Waals surface area contributed by atoms with Crippen LogP contribution in [0, 0.1) is 5.92 Å². The van der Waals surface area contributed by atoms with Crippen molar-refractivity contribution in [1.29, 1.82) is 0 Å². The lowest BCUT2D eigenvalue weighted by atomic mass is 9.84. The van der Waals surface area contributed by atoms with Crippen LogP contribution in [0.3, 0.4) is 0 Å². The molecule has 1 fully saturated rings. The number of thioether (sulfide) groups is 1. The van der Waals surface area contributed by atoms with Gasteiger partial charge in [-0.3, -0.25) is 14.3 Å². The van der Waals surface area contributed by atoms with Crippen LogP contribution in [0.5, 0.6) is 0 Å². The summed E-state index contributed by atoms with van der Waals surface area (Å²) < 4.78 is 6.56. The molecule has 3 atom stereocenters. The Morgan fingerprint density at radius 1 is 0.944 bits per heavy atom. The topological polar surface area (TPSA) is 86.1 Å². The molecule has 182 valence electrons. The quantitative estimate of drug-likeness (QED) is 0.222. The van der Waals surface area contributed by atoms with E-state index in [0.29, 0.717) is 5.69 Å². The van der Waals surface area contributed by atoms with Gasteiger partial charge in [0.1, 0.15) is 11.6 Å². The van der Waals surface area contributed by atoms with Gasteiger partial charge in [-0.15, -0.1) is 16.9 Å². The van der Waals surface area contributed by atoms with E-state index in [1.165, 1.54) is 11.6 Å². The SMILES string of the molecule is CC(=O)OC(c1cn(C)nn1)[C@H]1C(=O)N[C@@H]1SC(c1ccccc1)(c1ccccc1)c1ccccc1. The molecule has 36 heavy (non-hydrogen) atoms. The van der Waals surface area contributed by atoms with Gasteiger partial charge in [0.2, 0.25) is 5.91 Å². The predicted octanol–water partition coefficient (Wildman–Crippen LogP) is 4.22. The van der Waals surface area contributed by atoms with Crippen LogP contribution in [0.4, 0.5) is 0 Å². The smallest absolute Gasteiger partial charge is 0.303 e. The molecule has 1 aliphatic heterocycles. The first-order valence-electron chi connectivity index (χ1n) is 11.7. The van der Waals surface area contributed by atoms with E-state index in [1.807, 2.05) is 54.6 Å². The number of nitrogens with one attached hydrogen (secondary N) is 1. The Hall–Kier alpha value is -3.91. The second-order valence-corrected chi connectivity index (χ2v) is 10.1. The third kappa shape index (κ3) is 4.40. The number of esters is 1. The van der Waals surface area contributed by atoms with Gasteiger partial charge in [0.05, 0.1) is 16.3 Å². The first-order chi connectivity index (χ1) is 17.5. The Labute approximate surface area is 213 Å². The van der Waals surface area contributed by atoms with Crippen molar-refractivity contribution >= 4 is 23.6 Å². The maximum Gasteiger partial charge on any atom is 0.303 e. The van der Waals surface area contributed by atoms with Crippen molar-refractivity contribution in [1.82, 2.24) is 20.3 Å². The summed E-state index contributed by atoms with van der Waals surface area (Å²) in [6.07, 6.45) is 0.835. The first kappa shape index (κ1) is 23.8. The summed E-state index contributed by atoms with van der Waals surface area (Å²) >= 11 is 1.63. The van der Waals surface area contributed by atoms with Gasteiger partial charge in [-0.2, -0.15) is 0 Å². The van der Waals surface area contributed by atoms with E-state index in [2.05, 4.69) is 52.0 Å². The summed E-state index contributed by atoms with van der Waals surface area (Å²) in [7, 11) is 1.74. The Morgan fingerprint density at radius 3 is 1.83 bits per heavy atom. The predicted molar refractivity (Wildman–Crippen MR) is 138 cm³/mol. The summed E-state index contributed by atoms with van der Waals surface area (Å²) in [5, 5.41) is 10.9. The van der Waals surface area contributed by atoms with Crippen LogP contribution in [0.25, 0.3) is 0 Å². The highest BCUT2D eigenvalue weighted by atomic mass is 32.2. The molecule has 1 unspecified atom stereocenters. The van der Waals surface area contributed by atoms with E-state index in [-0.39, 0.29) is 11.3 Å². The van der Waals surface area contributed by atoms with Gasteiger partial charge in [-0.1, -0.05) is 96.2 Å². The van der Waals surface area contributed by atoms with E-state index in [1.54, 1.807) is 25.0 Å². The number of rotatable bonds is 8. The molecule has 7 nitrogen and oxygen atoms in total. The third-order valence-electron chi connectivity index (χ3n) is 6.29. The fourth-order valence-electron chi connectivity index (χ4n) is 4.67. The van der Waals surface area contributed by atoms with Gasteiger partial charge in [-0.05, 0) is 16.7 Å². The maximum atomic E-state index is 13.0. The molecule has 0 saturated carbocycles. The summed E-state index contributed by atoms with van der Waals surface area (Å²) in [5.41, 5.74) is 3.69. The highest BCUT2D eigenvalue weighted by Crippen LogP contribution is 2.53. The molecule has 5 rings (SSSR count). The number of β-lactam (4-membered cyclic amide) rings is 1. The summed E-state index contributed by atoms with van der Waals surface area (Å²) in [6.45, 7) is 1.34. The average Bonchev–Trinajstić information content (AvgIpc) is 3.33. The molecular formula is C28H26N4O3S. The highest BCUT2D eigenvalue weighted by Gasteiger charge is 2.52. The molecule has 8 heteroatoms. The number of carbonyl (C=O) groups is 2. The van der Waals surface area contributed by atoms with Crippen LogP contribution in [0.2, 0.25) is 0 Å². The molecule has 1 aliphatic rings. The number of benzene rings is 3. The maximum absolute atomic E-state index is 13.0. The average molecular weight is 499 g/mol. The molecule has 1 amide bonds. The van der Waals surface area contributed by atoms with Gasteiger partial charge in [0, 0.05) is 14.0 Å². The Balaban J connectivity index is 1.63. The molecule has 1 aromatic heterocycles. The van der Waals surface area contributed by atoms with E-state index >= 15 is 0 Å². The van der Waals surface area contributed by atoms with Gasteiger partial charge < -0.3 is 10.1 Å². The molecule has 0 spiro atoms. The van der Waals surface area contributed by atoms with Crippen LogP contribution in [-0.2, 0) is 26.1 Å². The van der Waals surface area contributed by atoms with Gasteiger partial charge in [0.15, 0.2) is 6.10 Å². The molecule has 1 saturated heterocycles. The zero-order valence-electron chi connectivity index (χ0n) is 19.9. The molecule has 0 aliphatic carbocycles. The van der Waals surface area contributed by atoms with Crippen LogP contribution < -0.4 is 5.32 Å². The lowest BCUT2D eigenvalue weighted by molar-refractivity contribution is -0.156. The number of aromatic nitrogens is 3. The van der Waals surface area contributed by atoms with E-state index < -0.39 is 22.7 Å². The zero-order valence-corrected chi connectivity index (χ0v) is 20.8. The number of aryl methyl sites for hydroxylation is 1. The molecule has 2 heterocycles. The lowest BCUT2D eigenvalue weighted by Gasteiger charge is -2.45. The summed E-state index contributed by atoms with van der Waals surface area (Å²) in [4.78, 5) is 25.0. The minimum absolute atomic E-state index is 0.188. The molecule has 0 radical (unpaired) electrons. The normalized spacial score (nSPS) is 18.1. The van der Waals surface area contributed by atoms with E-state index in [4.69, 9.17) is 4.74 Å². The number of nitrogens with zero attached hydrogens (tertiary/aromatic N) is 3. The highest BCUT2D eigenvalue weighted by molar-refractivity contribution is 8.01. The number of ether oxygens (including phenoxy) is 1. The van der Waals surface area contributed by atoms with Crippen molar-refractivity contribution < 1.29 is 14.3 Å². The van der Waals surface area contributed by atoms with E-state index in [9.17, 15) is 9.59 Å². The van der Waals surface area contributed by atoms with Gasteiger partial charge >= 0.3 is 5.97 Å². The van der Waals surface area contributed by atoms with Crippen molar-refractivity contribution in [2.75, 3.05) is 0 Å². The van der Waals surface area contributed by atoms with Crippen molar-refractivity contribution in [3.63, 3.8) is 0 Å². The number of hydrogen-bond donors (Lipinski definition) is 1. The summed E-state index contributed by atoms with van der Waals surface area (Å²) in [5.74, 6) is -1.30. The lowest BCUT2D eigenvalue weighted by Crippen LogP contribution is -2.60. The fourth-order valence-corrected chi connectivity index (χ4v) is 6.46. The van der Waals surface area contributed by atoms with Gasteiger partial charge in [0.25, 0.3) is 0 Å². The molecule has 4 aromatic rings. The van der Waals surface area contributed by atoms with Gasteiger partial charge in [-0.25, -0.2) is 0 Å². The molecule has 0 bridgehead atoms. The van der Waals surface area contributed by atoms with Crippen LogP contribution in [0.1, 0.15) is 35.4 Å². The molecular weight excluding hydrogens is 472 g/mol. The summed E-state index contributed by atoms with van der Waals surface area (Å²) in [6, 6.07) is 30.8. The Bertz CT molecular complexity index is 1250. The fraction of sp³-hybridized carbons (Fsp3) is 0.214. The monoisotopic (exact) mass is 498 g/mol. The second kappa shape index (κ2) is 9.99. The van der Waals surface area contributed by atoms with Crippen LogP contribution in [-0.4, -0.2) is 32.2 Å². The Morgan fingerprint density at radius 2 is 1.44 bits per heavy atom. The first-order valence-corrected chi connectivity index (χ1v) is 12.5. The standard InChI is InChI=1S/C28H26N4O3S/c1-19(33)35-25(23-18-32(2)31-30-23)24-26(34)29-27(24)36-28(20-12-6-3-7-13-20,21-14-8-4-9-15-21)22-16-10-5-11-17-22/h3-18,24-25,27H,1-2H3,(H,29,34)/t24-,25?,27+/m0/s1. The largest absolute Gasteiger partial charge is 0.455 e. The molecule has 1 N–H and O–H groups in total. The number of hydrogen-bond acceptors (Lipinski definition) is 6. The number of amides is 1. The van der Waals surface area contributed by atoms with E-state index in [0.717, 1.165) is 16.7 Å². The van der Waals surface area contributed by atoms with Crippen molar-refractivity contribution in [3.05, 3.63) is 120 Å². The third-order valence-corrected chi connectivity index (χ3v) is 8.01.